The molecule has 106 valence electrons. The van der Waals surface area contributed by atoms with Crippen molar-refractivity contribution in [2.75, 3.05) is 19.0 Å². The third-order valence-electron chi connectivity index (χ3n) is 3.31. The fourth-order valence-corrected chi connectivity index (χ4v) is 2.28. The number of benzene rings is 2. The summed E-state index contributed by atoms with van der Waals surface area (Å²) in [6, 6.07) is 12.8. The van der Waals surface area contributed by atoms with Gasteiger partial charge in [0.2, 0.25) is 0 Å². The second-order valence-electron chi connectivity index (χ2n) is 5.15. The number of hydrogen-bond donors (Lipinski definition) is 2. The van der Waals surface area contributed by atoms with Crippen LogP contribution in [0.1, 0.15) is 22.7 Å². The number of nitrogens with zero attached hydrogens (tertiary/aromatic N) is 1. The van der Waals surface area contributed by atoms with Crippen LogP contribution in [-0.4, -0.2) is 14.1 Å². The SMILES string of the molecule is Cc1cc(F)cc(C(NN)c2ccc(N(C)C)cc2)c1. The van der Waals surface area contributed by atoms with E-state index >= 15 is 0 Å². The molecular weight excluding hydrogens is 253 g/mol. The largest absolute Gasteiger partial charge is 0.378 e. The predicted molar refractivity (Wildman–Crippen MR) is 81.1 cm³/mol. The molecule has 0 aromatic heterocycles. The van der Waals surface area contributed by atoms with Gasteiger partial charge in [-0.3, -0.25) is 5.84 Å². The molecule has 0 radical (unpaired) electrons. The van der Waals surface area contributed by atoms with Gasteiger partial charge in [-0.05, 0) is 47.9 Å². The van der Waals surface area contributed by atoms with E-state index in [-0.39, 0.29) is 11.9 Å². The number of aryl methyl sites for hydroxylation is 1. The number of halogens is 1. The third kappa shape index (κ3) is 3.15. The van der Waals surface area contributed by atoms with Crippen molar-refractivity contribution in [3.63, 3.8) is 0 Å². The third-order valence-corrected chi connectivity index (χ3v) is 3.31. The van der Waals surface area contributed by atoms with Crippen LogP contribution in [0.3, 0.4) is 0 Å². The van der Waals surface area contributed by atoms with Gasteiger partial charge < -0.3 is 4.90 Å². The highest BCUT2D eigenvalue weighted by Gasteiger charge is 2.13. The number of nitrogens with two attached hydrogens (primary N) is 1. The van der Waals surface area contributed by atoms with Gasteiger partial charge in [-0.2, -0.15) is 0 Å². The minimum atomic E-state index is -0.245. The van der Waals surface area contributed by atoms with Gasteiger partial charge in [0.05, 0.1) is 6.04 Å². The summed E-state index contributed by atoms with van der Waals surface area (Å²) in [5, 5.41) is 0. The van der Waals surface area contributed by atoms with Gasteiger partial charge in [-0.1, -0.05) is 18.2 Å². The molecule has 2 aromatic carbocycles. The highest BCUT2D eigenvalue weighted by atomic mass is 19.1. The molecule has 0 bridgehead atoms. The topological polar surface area (TPSA) is 41.3 Å². The molecule has 0 fully saturated rings. The van der Waals surface area contributed by atoms with Gasteiger partial charge in [0.25, 0.3) is 0 Å². The molecule has 0 aliphatic heterocycles. The molecule has 0 amide bonds. The maximum Gasteiger partial charge on any atom is 0.123 e. The van der Waals surface area contributed by atoms with Crippen LogP contribution in [0.5, 0.6) is 0 Å². The van der Waals surface area contributed by atoms with Crippen LogP contribution in [0.15, 0.2) is 42.5 Å². The number of nitrogens with one attached hydrogen (secondary N) is 1. The van der Waals surface area contributed by atoms with E-state index in [1.54, 1.807) is 0 Å². The Bertz CT molecular complexity index is 559. The number of hydrogen-bond acceptors (Lipinski definition) is 3. The Kier molecular flexibility index (Phi) is 4.37. The zero-order chi connectivity index (χ0) is 14.7. The summed E-state index contributed by atoms with van der Waals surface area (Å²) < 4.78 is 13.5. The van der Waals surface area contributed by atoms with E-state index in [0.29, 0.717) is 0 Å². The molecule has 1 unspecified atom stereocenters. The minimum Gasteiger partial charge on any atom is -0.378 e. The van der Waals surface area contributed by atoms with Crippen LogP contribution < -0.4 is 16.2 Å². The molecule has 4 heteroatoms. The van der Waals surface area contributed by atoms with E-state index in [4.69, 9.17) is 5.84 Å². The van der Waals surface area contributed by atoms with Crippen molar-refractivity contribution in [1.82, 2.24) is 5.43 Å². The molecule has 20 heavy (non-hydrogen) atoms. The Labute approximate surface area is 119 Å². The lowest BCUT2D eigenvalue weighted by Gasteiger charge is -2.19. The van der Waals surface area contributed by atoms with Crippen LogP contribution in [0.25, 0.3) is 0 Å². The lowest BCUT2D eigenvalue weighted by atomic mass is 9.97. The molecule has 2 aromatic rings. The Hall–Kier alpha value is -1.91. The van der Waals surface area contributed by atoms with Crippen LogP contribution >= 0.6 is 0 Å². The molecule has 2 rings (SSSR count). The van der Waals surface area contributed by atoms with E-state index < -0.39 is 0 Å². The summed E-state index contributed by atoms with van der Waals surface area (Å²) in [7, 11) is 3.98. The van der Waals surface area contributed by atoms with E-state index in [0.717, 1.165) is 22.4 Å². The smallest absolute Gasteiger partial charge is 0.123 e. The van der Waals surface area contributed by atoms with Gasteiger partial charge in [-0.25, -0.2) is 9.82 Å². The van der Waals surface area contributed by atoms with E-state index in [1.165, 1.54) is 12.1 Å². The highest BCUT2D eigenvalue weighted by molar-refractivity contribution is 5.47. The standard InChI is InChI=1S/C16H20FN3/c1-11-8-13(10-14(17)9-11)16(19-18)12-4-6-15(7-5-12)20(2)3/h4-10,16,19H,18H2,1-3H3. The predicted octanol–water partition coefficient (Wildman–Crippen LogP) is 2.75. The van der Waals surface area contributed by atoms with Crippen molar-refractivity contribution in [3.8, 4) is 0 Å². The molecule has 0 spiro atoms. The highest BCUT2D eigenvalue weighted by Crippen LogP contribution is 2.25. The lowest BCUT2D eigenvalue weighted by Crippen LogP contribution is -2.29. The first-order valence-electron chi connectivity index (χ1n) is 6.52. The fourth-order valence-electron chi connectivity index (χ4n) is 2.28. The second kappa shape index (κ2) is 6.03. The van der Waals surface area contributed by atoms with Crippen molar-refractivity contribution in [3.05, 3.63) is 65.0 Å². The zero-order valence-corrected chi connectivity index (χ0v) is 12.0. The van der Waals surface area contributed by atoms with Gasteiger partial charge in [0.15, 0.2) is 0 Å². The monoisotopic (exact) mass is 273 g/mol. The van der Waals surface area contributed by atoms with Crippen molar-refractivity contribution >= 4 is 5.69 Å². The Morgan fingerprint density at radius 3 is 2.20 bits per heavy atom. The van der Waals surface area contributed by atoms with Crippen molar-refractivity contribution in [2.45, 2.75) is 13.0 Å². The molecular formula is C16H20FN3. The number of hydrazine groups is 1. The normalized spacial score (nSPS) is 12.2. The molecule has 0 saturated carbocycles. The van der Waals surface area contributed by atoms with E-state index in [1.807, 2.05) is 56.3 Å². The summed E-state index contributed by atoms with van der Waals surface area (Å²) in [5.41, 5.74) is 6.57. The average Bonchev–Trinajstić information content (AvgIpc) is 2.39. The molecule has 0 aliphatic carbocycles. The maximum absolute atomic E-state index is 13.5. The van der Waals surface area contributed by atoms with Gasteiger partial charge in [-0.15, -0.1) is 0 Å². The molecule has 0 saturated heterocycles. The maximum atomic E-state index is 13.5. The first-order valence-corrected chi connectivity index (χ1v) is 6.52. The summed E-state index contributed by atoms with van der Waals surface area (Å²) >= 11 is 0. The number of anilines is 1. The van der Waals surface area contributed by atoms with Crippen LogP contribution in [-0.2, 0) is 0 Å². The first kappa shape index (κ1) is 14.5. The average molecular weight is 273 g/mol. The van der Waals surface area contributed by atoms with Crippen LogP contribution in [0.4, 0.5) is 10.1 Å². The Morgan fingerprint density at radius 2 is 1.70 bits per heavy atom. The minimum absolute atomic E-state index is 0.222. The molecule has 1 atom stereocenters. The Balaban J connectivity index is 2.36. The summed E-state index contributed by atoms with van der Waals surface area (Å²) in [4.78, 5) is 2.03. The first-order chi connectivity index (χ1) is 9.51. The van der Waals surface area contributed by atoms with Crippen molar-refractivity contribution in [1.29, 1.82) is 0 Å². The van der Waals surface area contributed by atoms with Crippen molar-refractivity contribution < 1.29 is 4.39 Å². The van der Waals surface area contributed by atoms with Crippen molar-refractivity contribution in [2.24, 2.45) is 5.84 Å². The zero-order valence-electron chi connectivity index (χ0n) is 12.0. The van der Waals surface area contributed by atoms with Gasteiger partial charge >= 0.3 is 0 Å². The molecule has 3 nitrogen and oxygen atoms in total. The molecule has 0 heterocycles. The summed E-state index contributed by atoms with van der Waals surface area (Å²) in [6.45, 7) is 1.87. The Morgan fingerprint density at radius 1 is 1.05 bits per heavy atom. The van der Waals surface area contributed by atoms with Crippen LogP contribution in [0, 0.1) is 12.7 Å². The second-order valence-corrected chi connectivity index (χ2v) is 5.15. The van der Waals surface area contributed by atoms with E-state index in [9.17, 15) is 4.39 Å². The fraction of sp³-hybridized carbons (Fsp3) is 0.250. The van der Waals surface area contributed by atoms with Gasteiger partial charge in [0.1, 0.15) is 5.82 Å². The number of rotatable bonds is 4. The quantitative estimate of drug-likeness (QED) is 0.665. The van der Waals surface area contributed by atoms with E-state index in [2.05, 4.69) is 5.43 Å². The summed E-state index contributed by atoms with van der Waals surface area (Å²) in [5.74, 6) is 5.41. The molecule has 0 aliphatic rings. The lowest BCUT2D eigenvalue weighted by molar-refractivity contribution is 0.604. The van der Waals surface area contributed by atoms with Gasteiger partial charge in [0, 0.05) is 19.8 Å². The molecule has 3 N–H and O–H groups in total. The van der Waals surface area contributed by atoms with Crippen LogP contribution in [0.2, 0.25) is 0 Å². The summed E-state index contributed by atoms with van der Waals surface area (Å²) in [6.07, 6.45) is 0.